The van der Waals surface area contributed by atoms with Crippen LogP contribution in [-0.4, -0.2) is 28.8 Å². The average molecular weight is 253 g/mol. The second kappa shape index (κ2) is 6.30. The summed E-state index contributed by atoms with van der Waals surface area (Å²) < 4.78 is 0. The van der Waals surface area contributed by atoms with Gasteiger partial charge < -0.3 is 10.4 Å². The first-order chi connectivity index (χ1) is 7.99. The Bertz CT molecular complexity index is 403. The van der Waals surface area contributed by atoms with Crippen LogP contribution in [0.5, 0.6) is 0 Å². The number of carboxylic acid groups (broad SMARTS) is 1. The summed E-state index contributed by atoms with van der Waals surface area (Å²) in [7, 11) is 0. The summed E-state index contributed by atoms with van der Waals surface area (Å²) in [6.45, 7) is 3.30. The monoisotopic (exact) mass is 253 g/mol. The smallest absolute Gasteiger partial charge is 0.327 e. The van der Waals surface area contributed by atoms with E-state index in [1.54, 1.807) is 0 Å². The van der Waals surface area contributed by atoms with Crippen molar-refractivity contribution >= 4 is 23.6 Å². The normalized spacial score (nSPS) is 11.9. The number of nitrogens with one attached hydrogen (secondary N) is 1. The summed E-state index contributed by atoms with van der Waals surface area (Å²) in [6, 6.07) is 6.96. The molecule has 17 heavy (non-hydrogen) atoms. The minimum absolute atomic E-state index is 0.317. The van der Waals surface area contributed by atoms with Crippen LogP contribution in [0.25, 0.3) is 0 Å². The fourth-order valence-corrected chi connectivity index (χ4v) is 2.15. The third-order valence-corrected chi connectivity index (χ3v) is 3.22. The van der Waals surface area contributed by atoms with E-state index in [1.807, 2.05) is 31.2 Å². The maximum atomic E-state index is 10.9. The highest BCUT2D eigenvalue weighted by atomic mass is 32.2. The first-order valence-corrected chi connectivity index (χ1v) is 6.17. The van der Waals surface area contributed by atoms with E-state index >= 15 is 0 Å². The van der Waals surface area contributed by atoms with Gasteiger partial charge in [-0.3, -0.25) is 4.79 Å². The molecule has 0 heterocycles. The predicted octanol–water partition coefficient (Wildman–Crippen LogP) is 1.68. The quantitative estimate of drug-likeness (QED) is 0.783. The Kier molecular flexibility index (Phi) is 5.03. The van der Waals surface area contributed by atoms with Gasteiger partial charge in [0.05, 0.1) is 0 Å². The Hall–Kier alpha value is -1.49. The molecular formula is C12H15NO3S. The van der Waals surface area contributed by atoms with Gasteiger partial charge in [0.1, 0.15) is 6.04 Å². The van der Waals surface area contributed by atoms with Crippen LogP contribution in [0, 0.1) is 6.92 Å². The molecule has 0 unspecified atom stereocenters. The van der Waals surface area contributed by atoms with Crippen molar-refractivity contribution in [1.29, 1.82) is 0 Å². The van der Waals surface area contributed by atoms with E-state index in [-0.39, 0.29) is 5.91 Å². The number of thioether (sulfide) groups is 1. The van der Waals surface area contributed by atoms with Crippen molar-refractivity contribution in [3.63, 3.8) is 0 Å². The molecule has 0 radical (unpaired) electrons. The van der Waals surface area contributed by atoms with E-state index in [0.29, 0.717) is 5.75 Å². The maximum Gasteiger partial charge on any atom is 0.327 e. The highest BCUT2D eigenvalue weighted by Crippen LogP contribution is 2.19. The minimum Gasteiger partial charge on any atom is -0.480 e. The van der Waals surface area contributed by atoms with Gasteiger partial charge in [0.15, 0.2) is 0 Å². The number of carbonyl (C=O) groups is 2. The molecule has 0 spiro atoms. The molecule has 1 rings (SSSR count). The van der Waals surface area contributed by atoms with Crippen LogP contribution >= 0.6 is 11.8 Å². The Morgan fingerprint density at radius 1 is 1.35 bits per heavy atom. The molecule has 0 aliphatic rings. The van der Waals surface area contributed by atoms with Crippen molar-refractivity contribution < 1.29 is 14.7 Å². The van der Waals surface area contributed by atoms with Crippen LogP contribution in [0.15, 0.2) is 29.2 Å². The topological polar surface area (TPSA) is 66.4 Å². The van der Waals surface area contributed by atoms with E-state index in [9.17, 15) is 9.59 Å². The number of amides is 1. The molecule has 1 aromatic carbocycles. The van der Waals surface area contributed by atoms with Crippen LogP contribution in [0.1, 0.15) is 12.5 Å². The predicted molar refractivity (Wildman–Crippen MR) is 67.1 cm³/mol. The van der Waals surface area contributed by atoms with Crippen molar-refractivity contribution in [3.05, 3.63) is 29.8 Å². The molecule has 1 amide bonds. The van der Waals surface area contributed by atoms with Crippen LogP contribution in [-0.2, 0) is 9.59 Å². The fraction of sp³-hybridized carbons (Fsp3) is 0.333. The van der Waals surface area contributed by atoms with Crippen LogP contribution in [0.2, 0.25) is 0 Å². The van der Waals surface area contributed by atoms with Gasteiger partial charge in [-0.1, -0.05) is 17.7 Å². The molecule has 0 bridgehead atoms. The third kappa shape index (κ3) is 4.91. The Balaban J connectivity index is 2.54. The van der Waals surface area contributed by atoms with Crippen molar-refractivity contribution in [2.24, 2.45) is 0 Å². The number of hydrogen-bond acceptors (Lipinski definition) is 3. The maximum absolute atomic E-state index is 10.9. The molecule has 5 heteroatoms. The minimum atomic E-state index is -1.01. The van der Waals surface area contributed by atoms with Crippen molar-refractivity contribution in [3.8, 4) is 0 Å². The van der Waals surface area contributed by atoms with Crippen molar-refractivity contribution in [2.45, 2.75) is 24.8 Å². The van der Waals surface area contributed by atoms with Crippen molar-refractivity contribution in [1.82, 2.24) is 5.32 Å². The Morgan fingerprint density at radius 2 is 1.94 bits per heavy atom. The van der Waals surface area contributed by atoms with Gasteiger partial charge in [0, 0.05) is 17.6 Å². The summed E-state index contributed by atoms with van der Waals surface area (Å²) in [5.74, 6) is -1.03. The lowest BCUT2D eigenvalue weighted by atomic mass is 10.2. The van der Waals surface area contributed by atoms with Crippen LogP contribution < -0.4 is 5.32 Å². The summed E-state index contributed by atoms with van der Waals surface area (Å²) in [5.41, 5.74) is 1.16. The molecule has 0 aliphatic carbocycles. The molecule has 1 atom stereocenters. The van der Waals surface area contributed by atoms with E-state index in [0.717, 1.165) is 10.5 Å². The number of aliphatic carboxylic acids is 1. The zero-order valence-corrected chi connectivity index (χ0v) is 10.6. The molecule has 0 fully saturated rings. The van der Waals surface area contributed by atoms with Gasteiger partial charge in [-0.25, -0.2) is 4.79 Å². The standard InChI is InChI=1S/C12H15NO3S/c1-8-3-5-10(6-4-8)17-7-11(12(15)16)13-9(2)14/h3-6,11H,7H2,1-2H3,(H,13,14)(H,15,16)/t11-/m0/s1. The first-order valence-electron chi connectivity index (χ1n) is 5.18. The molecule has 0 saturated heterocycles. The van der Waals surface area contributed by atoms with E-state index in [2.05, 4.69) is 5.32 Å². The number of aryl methyl sites for hydroxylation is 1. The summed E-state index contributed by atoms with van der Waals surface area (Å²) in [5, 5.41) is 11.3. The first kappa shape index (κ1) is 13.6. The highest BCUT2D eigenvalue weighted by molar-refractivity contribution is 7.99. The lowest BCUT2D eigenvalue weighted by molar-refractivity contribution is -0.140. The number of rotatable bonds is 5. The Labute approximate surface area is 104 Å². The number of carboxylic acids is 1. The molecule has 0 saturated carbocycles. The van der Waals surface area contributed by atoms with Gasteiger partial charge in [-0.05, 0) is 19.1 Å². The van der Waals surface area contributed by atoms with Gasteiger partial charge in [0.25, 0.3) is 0 Å². The zero-order valence-electron chi connectivity index (χ0n) is 9.77. The number of hydrogen-bond donors (Lipinski definition) is 2. The van der Waals surface area contributed by atoms with Gasteiger partial charge in [-0.15, -0.1) is 11.8 Å². The summed E-state index contributed by atoms with van der Waals surface area (Å²) >= 11 is 1.41. The van der Waals surface area contributed by atoms with E-state index < -0.39 is 12.0 Å². The SMILES string of the molecule is CC(=O)N[C@@H](CSc1ccc(C)cc1)C(=O)O. The van der Waals surface area contributed by atoms with Gasteiger partial charge >= 0.3 is 5.97 Å². The Morgan fingerprint density at radius 3 is 2.41 bits per heavy atom. The third-order valence-electron chi connectivity index (χ3n) is 2.11. The molecular weight excluding hydrogens is 238 g/mol. The molecule has 4 nitrogen and oxygen atoms in total. The van der Waals surface area contributed by atoms with Crippen molar-refractivity contribution in [2.75, 3.05) is 5.75 Å². The van der Waals surface area contributed by atoms with E-state index in [4.69, 9.17) is 5.11 Å². The molecule has 0 aliphatic heterocycles. The van der Waals surface area contributed by atoms with Gasteiger partial charge in [0.2, 0.25) is 5.91 Å². The summed E-state index contributed by atoms with van der Waals surface area (Å²) in [4.78, 5) is 22.7. The molecule has 2 N–H and O–H groups in total. The van der Waals surface area contributed by atoms with E-state index in [1.165, 1.54) is 18.7 Å². The molecule has 1 aromatic rings. The number of benzene rings is 1. The second-order valence-electron chi connectivity index (χ2n) is 3.72. The fourth-order valence-electron chi connectivity index (χ4n) is 1.23. The van der Waals surface area contributed by atoms with Crippen LogP contribution in [0.3, 0.4) is 0 Å². The lowest BCUT2D eigenvalue weighted by Gasteiger charge is -2.12. The average Bonchev–Trinajstić information content (AvgIpc) is 2.25. The summed E-state index contributed by atoms with van der Waals surface area (Å²) in [6.07, 6.45) is 0. The number of carbonyl (C=O) groups excluding carboxylic acids is 1. The van der Waals surface area contributed by atoms with Gasteiger partial charge in [-0.2, -0.15) is 0 Å². The highest BCUT2D eigenvalue weighted by Gasteiger charge is 2.18. The zero-order chi connectivity index (χ0) is 12.8. The largest absolute Gasteiger partial charge is 0.480 e. The molecule has 0 aromatic heterocycles. The lowest BCUT2D eigenvalue weighted by Crippen LogP contribution is -2.41. The molecule has 92 valence electrons. The van der Waals surface area contributed by atoms with Crippen LogP contribution in [0.4, 0.5) is 0 Å². The second-order valence-corrected chi connectivity index (χ2v) is 4.81.